The highest BCUT2D eigenvalue weighted by Gasteiger charge is 2.14. The van der Waals surface area contributed by atoms with Gasteiger partial charge in [0.25, 0.3) is 0 Å². The zero-order valence-corrected chi connectivity index (χ0v) is 10.6. The molecule has 0 aliphatic rings. The van der Waals surface area contributed by atoms with Gasteiger partial charge in [0, 0.05) is 5.56 Å². The molecule has 0 fully saturated rings. The normalized spacial score (nSPS) is 12.6. The summed E-state index contributed by atoms with van der Waals surface area (Å²) >= 11 is 5.89. The second kappa shape index (κ2) is 5.90. The van der Waals surface area contributed by atoms with E-state index < -0.39 is 5.38 Å². The fourth-order valence-electron chi connectivity index (χ4n) is 1.34. The van der Waals surface area contributed by atoms with Crippen molar-refractivity contribution < 1.29 is 9.53 Å². The van der Waals surface area contributed by atoms with Gasteiger partial charge in [0.2, 0.25) is 0 Å². The molecule has 0 aromatic heterocycles. The lowest BCUT2D eigenvalue weighted by Gasteiger charge is -2.10. The number of ether oxygens (including phenoxy) is 1. The smallest absolute Gasteiger partial charge is 0.180 e. The lowest BCUT2D eigenvalue weighted by molar-refractivity contribution is 0.0985. The van der Waals surface area contributed by atoms with E-state index >= 15 is 0 Å². The Balaban J connectivity index is 2.74. The Morgan fingerprint density at radius 2 is 1.88 bits per heavy atom. The van der Waals surface area contributed by atoms with Crippen LogP contribution >= 0.6 is 11.6 Å². The van der Waals surface area contributed by atoms with Crippen molar-refractivity contribution in [1.29, 1.82) is 0 Å². The molecule has 2 nitrogen and oxygen atoms in total. The highest BCUT2D eigenvalue weighted by molar-refractivity contribution is 6.33. The van der Waals surface area contributed by atoms with Gasteiger partial charge in [-0.05, 0) is 44.5 Å². The van der Waals surface area contributed by atoms with Crippen LogP contribution in [0.1, 0.15) is 37.6 Å². The fourth-order valence-corrected chi connectivity index (χ4v) is 1.46. The Kier molecular flexibility index (Phi) is 4.81. The Bertz CT molecular complexity index is 343. The van der Waals surface area contributed by atoms with Crippen molar-refractivity contribution in [2.45, 2.75) is 38.7 Å². The third-order valence-corrected chi connectivity index (χ3v) is 2.66. The Morgan fingerprint density at radius 3 is 2.31 bits per heavy atom. The molecule has 0 aliphatic carbocycles. The zero-order valence-electron chi connectivity index (χ0n) is 9.87. The third kappa shape index (κ3) is 3.53. The molecule has 0 bridgehead atoms. The van der Waals surface area contributed by atoms with Gasteiger partial charge < -0.3 is 4.74 Å². The Labute approximate surface area is 102 Å². The maximum Gasteiger partial charge on any atom is 0.180 e. The van der Waals surface area contributed by atoms with Gasteiger partial charge in [-0.15, -0.1) is 11.6 Å². The zero-order chi connectivity index (χ0) is 12.1. The number of halogens is 1. The average Bonchev–Trinajstić information content (AvgIpc) is 2.27. The number of carbonyl (C=O) groups excluding carboxylic acids is 1. The number of carbonyl (C=O) groups is 1. The van der Waals surface area contributed by atoms with Crippen molar-refractivity contribution in [3.63, 3.8) is 0 Å². The largest absolute Gasteiger partial charge is 0.491 e. The summed E-state index contributed by atoms with van der Waals surface area (Å²) in [6.07, 6.45) is 0.780. The number of benzene rings is 1. The molecule has 0 N–H and O–H groups in total. The van der Waals surface area contributed by atoms with E-state index in [1.54, 1.807) is 24.3 Å². The highest BCUT2D eigenvalue weighted by Crippen LogP contribution is 2.17. The quantitative estimate of drug-likeness (QED) is 0.580. The molecule has 3 heteroatoms. The van der Waals surface area contributed by atoms with Crippen LogP contribution in [0.5, 0.6) is 5.75 Å². The van der Waals surface area contributed by atoms with E-state index in [-0.39, 0.29) is 11.9 Å². The minimum Gasteiger partial charge on any atom is -0.491 e. The number of Topliss-reactive ketones (excluding diaryl/α,β-unsaturated/α-hetero) is 1. The van der Waals surface area contributed by atoms with Crippen LogP contribution in [-0.4, -0.2) is 17.3 Å². The lowest BCUT2D eigenvalue weighted by Crippen LogP contribution is -2.13. The maximum atomic E-state index is 11.7. The molecule has 0 radical (unpaired) electrons. The molecule has 0 amide bonds. The number of alkyl halides is 1. The van der Waals surface area contributed by atoms with Gasteiger partial charge in [-0.3, -0.25) is 4.79 Å². The van der Waals surface area contributed by atoms with Crippen LogP contribution in [0.3, 0.4) is 0 Å². The molecule has 0 aliphatic heterocycles. The van der Waals surface area contributed by atoms with Crippen LogP contribution < -0.4 is 4.74 Å². The summed E-state index contributed by atoms with van der Waals surface area (Å²) in [5, 5.41) is -0.433. The van der Waals surface area contributed by atoms with Gasteiger partial charge in [-0.1, -0.05) is 6.92 Å². The van der Waals surface area contributed by atoms with Crippen molar-refractivity contribution in [3.05, 3.63) is 29.8 Å². The number of hydrogen-bond acceptors (Lipinski definition) is 2. The monoisotopic (exact) mass is 240 g/mol. The molecule has 16 heavy (non-hydrogen) atoms. The minimum absolute atomic E-state index is 0.0275. The van der Waals surface area contributed by atoms with Crippen molar-refractivity contribution in [2.75, 3.05) is 0 Å². The molecule has 88 valence electrons. The first-order valence-electron chi connectivity index (χ1n) is 5.49. The first kappa shape index (κ1) is 13.0. The van der Waals surface area contributed by atoms with Gasteiger partial charge in [0.05, 0.1) is 11.5 Å². The lowest BCUT2D eigenvalue weighted by atomic mass is 10.1. The van der Waals surface area contributed by atoms with Crippen LogP contribution in [-0.2, 0) is 0 Å². The third-order valence-electron chi connectivity index (χ3n) is 2.15. The van der Waals surface area contributed by atoms with Crippen LogP contribution in [0, 0.1) is 0 Å². The second-order valence-electron chi connectivity index (χ2n) is 3.93. The predicted molar refractivity (Wildman–Crippen MR) is 66.5 cm³/mol. The first-order valence-corrected chi connectivity index (χ1v) is 5.93. The highest BCUT2D eigenvalue weighted by atomic mass is 35.5. The maximum absolute atomic E-state index is 11.7. The van der Waals surface area contributed by atoms with E-state index in [9.17, 15) is 4.79 Å². The summed E-state index contributed by atoms with van der Waals surface area (Å²) < 4.78 is 5.49. The summed E-state index contributed by atoms with van der Waals surface area (Å²) in [7, 11) is 0. The van der Waals surface area contributed by atoms with Crippen LogP contribution in [0.25, 0.3) is 0 Å². The Hall–Kier alpha value is -1.02. The van der Waals surface area contributed by atoms with Crippen molar-refractivity contribution in [2.24, 2.45) is 0 Å². The summed E-state index contributed by atoms with van der Waals surface area (Å²) in [5.74, 6) is 0.745. The molecule has 1 aromatic rings. The van der Waals surface area contributed by atoms with Gasteiger partial charge in [0.1, 0.15) is 5.75 Å². The standard InChI is InChI=1S/C13H17ClO2/c1-4-12(14)13(15)10-5-7-11(8-6-10)16-9(2)3/h5-9,12H,4H2,1-3H3. The number of rotatable bonds is 5. The molecule has 1 aromatic carbocycles. The molecule has 1 atom stereocenters. The van der Waals surface area contributed by atoms with Crippen LogP contribution in [0.2, 0.25) is 0 Å². The summed E-state index contributed by atoms with van der Waals surface area (Å²) in [5.41, 5.74) is 0.637. The summed E-state index contributed by atoms with van der Waals surface area (Å²) in [6, 6.07) is 7.11. The predicted octanol–water partition coefficient (Wildman–Crippen LogP) is 3.67. The van der Waals surface area contributed by atoms with Crippen molar-refractivity contribution in [1.82, 2.24) is 0 Å². The van der Waals surface area contributed by atoms with Gasteiger partial charge in [-0.2, -0.15) is 0 Å². The number of hydrogen-bond donors (Lipinski definition) is 0. The van der Waals surface area contributed by atoms with Crippen LogP contribution in [0.15, 0.2) is 24.3 Å². The number of ketones is 1. The van der Waals surface area contributed by atoms with Crippen LogP contribution in [0.4, 0.5) is 0 Å². The molecule has 0 heterocycles. The fraction of sp³-hybridized carbons (Fsp3) is 0.462. The van der Waals surface area contributed by atoms with Crippen molar-refractivity contribution in [3.8, 4) is 5.75 Å². The molecule has 0 saturated heterocycles. The summed E-state index contributed by atoms with van der Waals surface area (Å²) in [4.78, 5) is 11.7. The molecule has 1 rings (SSSR count). The molecular formula is C13H17ClO2. The molecule has 1 unspecified atom stereocenters. The second-order valence-corrected chi connectivity index (χ2v) is 4.46. The van der Waals surface area contributed by atoms with Gasteiger partial charge >= 0.3 is 0 Å². The SMILES string of the molecule is CCC(Cl)C(=O)c1ccc(OC(C)C)cc1. The van der Waals surface area contributed by atoms with E-state index in [4.69, 9.17) is 16.3 Å². The van der Waals surface area contributed by atoms with E-state index in [0.717, 1.165) is 5.75 Å². The van der Waals surface area contributed by atoms with Gasteiger partial charge in [-0.25, -0.2) is 0 Å². The topological polar surface area (TPSA) is 26.3 Å². The molecular weight excluding hydrogens is 224 g/mol. The van der Waals surface area contributed by atoms with Gasteiger partial charge in [0.15, 0.2) is 5.78 Å². The van der Waals surface area contributed by atoms with E-state index in [1.807, 2.05) is 20.8 Å². The Morgan fingerprint density at radius 1 is 1.31 bits per heavy atom. The van der Waals surface area contributed by atoms with E-state index in [1.165, 1.54) is 0 Å². The summed E-state index contributed by atoms with van der Waals surface area (Å²) in [6.45, 7) is 5.82. The van der Waals surface area contributed by atoms with Crippen molar-refractivity contribution >= 4 is 17.4 Å². The molecule has 0 spiro atoms. The average molecular weight is 241 g/mol. The minimum atomic E-state index is -0.433. The van der Waals surface area contributed by atoms with E-state index in [2.05, 4.69) is 0 Å². The first-order chi connectivity index (χ1) is 7.54. The van der Waals surface area contributed by atoms with E-state index in [0.29, 0.717) is 12.0 Å². The molecule has 0 saturated carbocycles.